The van der Waals surface area contributed by atoms with Gasteiger partial charge in [-0.2, -0.15) is 0 Å². The molecule has 0 spiro atoms. The van der Waals surface area contributed by atoms with E-state index >= 15 is 0 Å². The van der Waals surface area contributed by atoms with Gasteiger partial charge >= 0.3 is 6.03 Å². The minimum absolute atomic E-state index is 0.0225. The molecule has 3 fully saturated rings. The first kappa shape index (κ1) is 20.2. The maximum Gasteiger partial charge on any atom is 0.329 e. The highest BCUT2D eigenvalue weighted by Crippen LogP contribution is 2.32. The number of rotatable bonds is 6. The van der Waals surface area contributed by atoms with Gasteiger partial charge in [0.25, 0.3) is 5.91 Å². The van der Waals surface area contributed by atoms with Gasteiger partial charge in [0.15, 0.2) is 0 Å². The molecule has 1 aromatic carbocycles. The number of carbonyl (C=O) groups is 4. The second-order valence-corrected chi connectivity index (χ2v) is 8.02. The average Bonchev–Trinajstić information content (AvgIpc) is 3.55. The fraction of sp³-hybridized carbons (Fsp3) is 0.524. The number of nitrogens with one attached hydrogen (secondary N) is 2. The predicted molar refractivity (Wildman–Crippen MR) is 108 cm³/mol. The predicted octanol–water partition coefficient (Wildman–Crippen LogP) is 1.03. The second-order valence-electron chi connectivity index (χ2n) is 8.02. The molecule has 2 aliphatic heterocycles. The summed E-state index contributed by atoms with van der Waals surface area (Å²) in [5.74, 6) is 0.327. The van der Waals surface area contributed by atoms with Crippen LogP contribution in [0, 0.1) is 5.92 Å². The molecule has 9 nitrogen and oxygen atoms in total. The monoisotopic (exact) mass is 414 g/mol. The lowest BCUT2D eigenvalue weighted by Gasteiger charge is -2.32. The van der Waals surface area contributed by atoms with E-state index in [1.54, 1.807) is 24.3 Å². The van der Waals surface area contributed by atoms with E-state index in [0.717, 1.165) is 17.7 Å². The summed E-state index contributed by atoms with van der Waals surface area (Å²) < 4.78 is 5.09. The molecule has 3 aliphatic rings. The van der Waals surface area contributed by atoms with Crippen LogP contribution in [0.4, 0.5) is 10.5 Å². The summed E-state index contributed by atoms with van der Waals surface area (Å²) in [6, 6.07) is 5.11. The van der Waals surface area contributed by atoms with E-state index in [-0.39, 0.29) is 30.2 Å². The molecule has 2 saturated heterocycles. The van der Waals surface area contributed by atoms with E-state index in [1.807, 2.05) is 4.90 Å². The van der Waals surface area contributed by atoms with E-state index in [0.29, 0.717) is 37.4 Å². The summed E-state index contributed by atoms with van der Waals surface area (Å²) in [6.45, 7) is 1.29. The Kier molecular flexibility index (Phi) is 5.61. The highest BCUT2D eigenvalue weighted by Gasteiger charge is 2.40. The van der Waals surface area contributed by atoms with Crippen molar-refractivity contribution in [3.8, 4) is 5.75 Å². The lowest BCUT2D eigenvalue weighted by molar-refractivity contribution is -0.133. The Balaban J connectivity index is 1.28. The van der Waals surface area contributed by atoms with E-state index in [9.17, 15) is 19.2 Å². The van der Waals surface area contributed by atoms with Crippen molar-refractivity contribution in [3.05, 3.63) is 24.3 Å². The van der Waals surface area contributed by atoms with Crippen LogP contribution in [0.15, 0.2) is 24.3 Å². The molecule has 0 radical (unpaired) electrons. The fourth-order valence-corrected chi connectivity index (χ4v) is 3.95. The third-order valence-electron chi connectivity index (χ3n) is 5.84. The molecule has 160 valence electrons. The molecule has 1 atom stereocenters. The third-order valence-corrected chi connectivity index (χ3v) is 5.84. The molecular formula is C21H26N4O5. The first-order chi connectivity index (χ1) is 14.5. The molecule has 9 heteroatoms. The van der Waals surface area contributed by atoms with E-state index in [4.69, 9.17) is 4.74 Å². The van der Waals surface area contributed by atoms with Crippen LogP contribution >= 0.6 is 0 Å². The van der Waals surface area contributed by atoms with Crippen molar-refractivity contribution in [1.29, 1.82) is 0 Å². The molecule has 0 aromatic heterocycles. The Morgan fingerprint density at radius 1 is 1.10 bits per heavy atom. The lowest BCUT2D eigenvalue weighted by Crippen LogP contribution is -2.48. The number of piperidine rings is 1. The SMILES string of the molecule is COc1ccc(N2C(=O)N[C@@H](CC(=O)NC3CCN(C(=O)C4CC4)CC3)C2=O)cc1. The number of methoxy groups -OCH3 is 1. The van der Waals surface area contributed by atoms with Gasteiger partial charge in [-0.3, -0.25) is 14.4 Å². The number of amides is 5. The van der Waals surface area contributed by atoms with Crippen molar-refractivity contribution in [2.75, 3.05) is 25.1 Å². The Hall–Kier alpha value is -3.10. The first-order valence-corrected chi connectivity index (χ1v) is 10.3. The maximum absolute atomic E-state index is 12.7. The van der Waals surface area contributed by atoms with Gasteiger partial charge in [0, 0.05) is 25.0 Å². The largest absolute Gasteiger partial charge is 0.497 e. The van der Waals surface area contributed by atoms with Crippen LogP contribution in [0.5, 0.6) is 5.75 Å². The molecule has 2 heterocycles. The molecular weight excluding hydrogens is 388 g/mol. The molecule has 1 aliphatic carbocycles. The van der Waals surface area contributed by atoms with Gasteiger partial charge in [-0.25, -0.2) is 9.69 Å². The van der Waals surface area contributed by atoms with Gasteiger partial charge < -0.3 is 20.3 Å². The second kappa shape index (κ2) is 8.33. The molecule has 30 heavy (non-hydrogen) atoms. The number of nitrogens with zero attached hydrogens (tertiary/aromatic N) is 2. The fourth-order valence-electron chi connectivity index (χ4n) is 3.95. The molecule has 0 unspecified atom stereocenters. The number of ether oxygens (including phenoxy) is 1. The van der Waals surface area contributed by atoms with E-state index in [1.165, 1.54) is 7.11 Å². The van der Waals surface area contributed by atoms with Crippen molar-refractivity contribution < 1.29 is 23.9 Å². The van der Waals surface area contributed by atoms with E-state index < -0.39 is 18.0 Å². The zero-order chi connectivity index (χ0) is 21.3. The normalized spacial score (nSPS) is 22.1. The van der Waals surface area contributed by atoms with Gasteiger partial charge in [-0.1, -0.05) is 0 Å². The molecule has 5 amide bonds. The minimum atomic E-state index is -0.892. The lowest BCUT2D eigenvalue weighted by atomic mass is 10.0. The van der Waals surface area contributed by atoms with Crippen LogP contribution in [-0.4, -0.2) is 60.9 Å². The summed E-state index contributed by atoms with van der Waals surface area (Å²) in [5.41, 5.74) is 0.425. The number of hydrogen-bond donors (Lipinski definition) is 2. The van der Waals surface area contributed by atoms with Crippen molar-refractivity contribution in [3.63, 3.8) is 0 Å². The first-order valence-electron chi connectivity index (χ1n) is 10.3. The quantitative estimate of drug-likeness (QED) is 0.676. The summed E-state index contributed by atoms with van der Waals surface area (Å²) in [5, 5.41) is 5.52. The van der Waals surface area contributed by atoms with Gasteiger partial charge in [-0.15, -0.1) is 0 Å². The topological polar surface area (TPSA) is 108 Å². The van der Waals surface area contributed by atoms with Crippen molar-refractivity contribution in [2.24, 2.45) is 5.92 Å². The van der Waals surface area contributed by atoms with Crippen molar-refractivity contribution in [2.45, 2.75) is 44.2 Å². The van der Waals surface area contributed by atoms with Crippen LogP contribution in [-0.2, 0) is 14.4 Å². The summed E-state index contributed by atoms with van der Waals surface area (Å²) in [6.07, 6.45) is 3.27. The summed E-state index contributed by atoms with van der Waals surface area (Å²) in [4.78, 5) is 52.4. The average molecular weight is 414 g/mol. The standard InChI is InChI=1S/C21H26N4O5/c1-30-16-6-4-15(5-7-16)25-20(28)17(23-21(25)29)12-18(26)22-14-8-10-24(11-9-14)19(27)13-2-3-13/h4-7,13-14,17H,2-3,8-12H2,1H3,(H,22,26)(H,23,29)/t17-/m0/s1. The number of benzene rings is 1. The third kappa shape index (κ3) is 4.24. The summed E-state index contributed by atoms with van der Waals surface area (Å²) in [7, 11) is 1.53. The van der Waals surface area contributed by atoms with Gasteiger partial charge in [0.1, 0.15) is 11.8 Å². The molecule has 1 saturated carbocycles. The van der Waals surface area contributed by atoms with Crippen LogP contribution in [0.2, 0.25) is 0 Å². The van der Waals surface area contributed by atoms with Crippen LogP contribution < -0.4 is 20.3 Å². The molecule has 2 N–H and O–H groups in total. The number of hydrogen-bond acceptors (Lipinski definition) is 5. The number of urea groups is 1. The van der Waals surface area contributed by atoms with Crippen molar-refractivity contribution >= 4 is 29.4 Å². The highest BCUT2D eigenvalue weighted by molar-refractivity contribution is 6.22. The van der Waals surface area contributed by atoms with E-state index in [2.05, 4.69) is 10.6 Å². The molecule has 4 rings (SSSR count). The zero-order valence-corrected chi connectivity index (χ0v) is 16.9. The van der Waals surface area contributed by atoms with Crippen LogP contribution in [0.1, 0.15) is 32.1 Å². The Morgan fingerprint density at radius 2 is 1.77 bits per heavy atom. The number of likely N-dealkylation sites (tertiary alicyclic amines) is 1. The van der Waals surface area contributed by atoms with Gasteiger partial charge in [0.2, 0.25) is 11.8 Å². The number of carbonyl (C=O) groups excluding carboxylic acids is 4. The van der Waals surface area contributed by atoms with Crippen LogP contribution in [0.3, 0.4) is 0 Å². The maximum atomic E-state index is 12.7. The Morgan fingerprint density at radius 3 is 2.37 bits per heavy atom. The molecule has 0 bridgehead atoms. The number of imide groups is 1. The summed E-state index contributed by atoms with van der Waals surface area (Å²) >= 11 is 0. The van der Waals surface area contributed by atoms with Crippen molar-refractivity contribution in [1.82, 2.24) is 15.5 Å². The Bertz CT molecular complexity index is 843. The van der Waals surface area contributed by atoms with Gasteiger partial charge in [-0.05, 0) is 49.9 Å². The minimum Gasteiger partial charge on any atom is -0.497 e. The smallest absolute Gasteiger partial charge is 0.329 e. The number of anilines is 1. The highest BCUT2D eigenvalue weighted by atomic mass is 16.5. The Labute approximate surface area is 174 Å². The molecule has 1 aromatic rings. The van der Waals surface area contributed by atoms with Gasteiger partial charge in [0.05, 0.1) is 19.2 Å². The zero-order valence-electron chi connectivity index (χ0n) is 16.9. The van der Waals surface area contributed by atoms with Crippen LogP contribution in [0.25, 0.3) is 0 Å².